The summed E-state index contributed by atoms with van der Waals surface area (Å²) in [4.78, 5) is 53.8. The Morgan fingerprint density at radius 3 is 1.47 bits per heavy atom. The smallest absolute Gasteiger partial charge is 0.294 e. The molecule has 6 aromatic rings. The molecule has 6 aromatic carbocycles. The van der Waals surface area contributed by atoms with Gasteiger partial charge in [-0.3, -0.25) is 33.6 Å². The molecule has 3 N–H and O–H groups in total. The molecule has 15 heteroatoms. The number of amides is 4. The molecule has 0 unspecified atom stereocenters. The Morgan fingerprint density at radius 2 is 0.943 bits per heavy atom. The van der Waals surface area contributed by atoms with Crippen LogP contribution >= 0.6 is 0 Å². The Morgan fingerprint density at radius 1 is 0.491 bits per heavy atom. The summed E-state index contributed by atoms with van der Waals surface area (Å²) in [6, 6.07) is 27.7. The van der Waals surface area contributed by atoms with Crippen molar-refractivity contribution < 1.29 is 49.9 Å². The Bertz CT molecular complexity index is 2780. The molecule has 8 rings (SSSR count). The van der Waals surface area contributed by atoms with Crippen LogP contribution < -0.4 is 15.0 Å². The summed E-state index contributed by atoms with van der Waals surface area (Å²) in [6.07, 6.45) is 0. The summed E-state index contributed by atoms with van der Waals surface area (Å²) in [5, 5.41) is 2.66. The lowest BCUT2D eigenvalue weighted by atomic mass is 9.86. The second-order valence-corrected chi connectivity index (χ2v) is 14.9. The third kappa shape index (κ3) is 5.64. The number of anilines is 1. The minimum atomic E-state index is -4.54. The van der Waals surface area contributed by atoms with Gasteiger partial charge in [-0.2, -0.15) is 16.8 Å². The van der Waals surface area contributed by atoms with E-state index in [1.807, 2.05) is 0 Å². The van der Waals surface area contributed by atoms with E-state index in [0.29, 0.717) is 28.0 Å². The monoisotopic (exact) mass is 746 g/mol. The first kappa shape index (κ1) is 33.6. The highest BCUT2D eigenvalue weighted by Gasteiger charge is 2.38. The number of hydrogen-bond acceptors (Lipinski definition) is 9. The molecule has 262 valence electrons. The Balaban J connectivity index is 1.25. The number of nitrogens with zero attached hydrogens (tertiary/aromatic N) is 1. The van der Waals surface area contributed by atoms with Gasteiger partial charge >= 0.3 is 0 Å². The van der Waals surface area contributed by atoms with Gasteiger partial charge in [0, 0.05) is 44.2 Å². The molecule has 0 saturated heterocycles. The highest BCUT2D eigenvalue weighted by molar-refractivity contribution is 7.86. The van der Waals surface area contributed by atoms with Gasteiger partial charge in [0.2, 0.25) is 0 Å². The van der Waals surface area contributed by atoms with Crippen molar-refractivity contribution in [2.45, 2.75) is 9.79 Å². The average Bonchev–Trinajstić information content (AvgIpc) is 3.13. The second kappa shape index (κ2) is 12.0. The van der Waals surface area contributed by atoms with Gasteiger partial charge < -0.3 is 4.74 Å². The number of rotatable bonds is 7. The fourth-order valence-electron chi connectivity index (χ4n) is 6.53. The lowest BCUT2D eigenvalue weighted by Gasteiger charge is -2.29. The third-order valence-electron chi connectivity index (χ3n) is 9.00. The van der Waals surface area contributed by atoms with Crippen molar-refractivity contribution in [1.29, 1.82) is 0 Å². The molecule has 0 aliphatic carbocycles. The van der Waals surface area contributed by atoms with E-state index in [1.54, 1.807) is 24.3 Å². The number of para-hydroxylation sites is 1. The van der Waals surface area contributed by atoms with Crippen LogP contribution in [0.15, 0.2) is 125 Å². The van der Waals surface area contributed by atoms with Crippen LogP contribution in [-0.2, 0) is 20.2 Å². The quantitative estimate of drug-likeness (QED) is 0.125. The predicted molar refractivity (Wildman–Crippen MR) is 190 cm³/mol. The first-order valence-electron chi connectivity index (χ1n) is 15.6. The molecular weight excluding hydrogens is 725 g/mol. The lowest BCUT2D eigenvalue weighted by Crippen LogP contribution is -2.42. The van der Waals surface area contributed by atoms with Crippen LogP contribution in [0.1, 0.15) is 41.4 Å². The molecule has 4 amide bonds. The van der Waals surface area contributed by atoms with Crippen LogP contribution in [0, 0.1) is 0 Å². The van der Waals surface area contributed by atoms with E-state index in [1.165, 1.54) is 91.0 Å². The van der Waals surface area contributed by atoms with Crippen molar-refractivity contribution in [1.82, 2.24) is 5.32 Å². The summed E-state index contributed by atoms with van der Waals surface area (Å²) in [5.41, 5.74) is 2.38. The zero-order valence-electron chi connectivity index (χ0n) is 26.8. The molecule has 0 bridgehead atoms. The Hall–Kier alpha value is -6.52. The molecule has 53 heavy (non-hydrogen) atoms. The van der Waals surface area contributed by atoms with Gasteiger partial charge in [0.05, 0.1) is 15.5 Å². The normalized spacial score (nSPS) is 14.0. The number of hydrogen-bond donors (Lipinski definition) is 3. The maximum atomic E-state index is 14.1. The van der Waals surface area contributed by atoms with Crippen LogP contribution in [0.2, 0.25) is 0 Å². The molecule has 13 nitrogen and oxygen atoms in total. The highest BCUT2D eigenvalue weighted by Crippen LogP contribution is 2.43. The van der Waals surface area contributed by atoms with Gasteiger partial charge in [-0.1, -0.05) is 42.5 Å². The van der Waals surface area contributed by atoms with Gasteiger partial charge in [-0.15, -0.1) is 0 Å². The number of ether oxygens (including phenoxy) is 1. The minimum absolute atomic E-state index is 0.0935. The van der Waals surface area contributed by atoms with Crippen molar-refractivity contribution >= 4 is 60.3 Å². The first-order valence-corrected chi connectivity index (χ1v) is 18.5. The zero-order chi connectivity index (χ0) is 37.4. The van der Waals surface area contributed by atoms with E-state index in [9.17, 15) is 45.1 Å². The van der Waals surface area contributed by atoms with Gasteiger partial charge in [0.1, 0.15) is 11.5 Å². The summed E-state index contributed by atoms with van der Waals surface area (Å²) in [7, 11) is -8.97. The van der Waals surface area contributed by atoms with E-state index in [2.05, 4.69) is 5.32 Å². The van der Waals surface area contributed by atoms with E-state index in [0.717, 1.165) is 4.90 Å². The van der Waals surface area contributed by atoms with Gasteiger partial charge in [-0.25, -0.2) is 4.90 Å². The van der Waals surface area contributed by atoms with Crippen molar-refractivity contribution in [3.8, 4) is 33.8 Å². The molecule has 0 atom stereocenters. The summed E-state index contributed by atoms with van der Waals surface area (Å²) < 4.78 is 72.2. The molecule has 2 heterocycles. The van der Waals surface area contributed by atoms with Crippen molar-refractivity contribution in [3.05, 3.63) is 138 Å². The van der Waals surface area contributed by atoms with E-state index in [-0.39, 0.29) is 54.3 Å². The Kier molecular flexibility index (Phi) is 7.63. The van der Waals surface area contributed by atoms with Crippen LogP contribution in [0.3, 0.4) is 0 Å². The molecule has 0 spiro atoms. The molecule has 0 saturated carbocycles. The van der Waals surface area contributed by atoms with Crippen LogP contribution in [-0.4, -0.2) is 49.6 Å². The molecule has 0 radical (unpaired) electrons. The van der Waals surface area contributed by atoms with Crippen LogP contribution in [0.4, 0.5) is 5.69 Å². The maximum Gasteiger partial charge on any atom is 0.294 e. The number of imide groups is 2. The summed E-state index contributed by atoms with van der Waals surface area (Å²) >= 11 is 0. The SMILES string of the molecule is O=C1NC(=O)c2ccc3c4c(ccc1c24)C(=O)N(c1ccc(Oc2ccccc2-c2ccc(S(=O)(=O)O)cc2)c(-c2ccc(S(=O)(=O)O)cc2)c1)C3=O. The van der Waals surface area contributed by atoms with Gasteiger partial charge in [-0.05, 0) is 83.9 Å². The molecule has 0 aromatic heterocycles. The number of benzene rings is 6. The molecule has 0 fully saturated rings. The van der Waals surface area contributed by atoms with Crippen molar-refractivity contribution in [2.75, 3.05) is 4.90 Å². The molecular formula is C38H22N2O11S2. The maximum absolute atomic E-state index is 14.1. The largest absolute Gasteiger partial charge is 0.456 e. The van der Waals surface area contributed by atoms with E-state index < -0.39 is 43.9 Å². The summed E-state index contributed by atoms with van der Waals surface area (Å²) in [5.74, 6) is -2.21. The standard InChI is InChI=1S/C38H22N2O11S2/c41-35-26-14-16-28-34-29(17-15-27(33(26)34)36(42)39-35)38(44)40(37(28)43)22-9-18-32(30(19-22)21-7-12-24(13-8-21)53(48,49)50)51-31-4-2-1-3-25(31)20-5-10-23(11-6-20)52(45,46)47/h1-19H,(H,39,41,42)(H,45,46,47)(H,48,49,50). The first-order chi connectivity index (χ1) is 25.2. The summed E-state index contributed by atoms with van der Waals surface area (Å²) in [6.45, 7) is 0. The predicted octanol–water partition coefficient (Wildman–Crippen LogP) is 6.14. The van der Waals surface area contributed by atoms with E-state index in [4.69, 9.17) is 4.74 Å². The van der Waals surface area contributed by atoms with Gasteiger partial charge in [0.25, 0.3) is 43.9 Å². The van der Waals surface area contributed by atoms with E-state index >= 15 is 0 Å². The Labute approximate surface area is 300 Å². The topological polar surface area (TPSA) is 202 Å². The molecule has 2 aliphatic rings. The number of carbonyl (C=O) groups is 4. The van der Waals surface area contributed by atoms with Crippen molar-refractivity contribution in [2.24, 2.45) is 0 Å². The zero-order valence-corrected chi connectivity index (χ0v) is 28.4. The number of nitrogens with one attached hydrogen (secondary N) is 1. The highest BCUT2D eigenvalue weighted by atomic mass is 32.2. The van der Waals surface area contributed by atoms with Crippen molar-refractivity contribution in [3.63, 3.8) is 0 Å². The fourth-order valence-corrected chi connectivity index (χ4v) is 7.49. The lowest BCUT2D eigenvalue weighted by molar-refractivity contribution is 0.0837. The van der Waals surface area contributed by atoms with Crippen LogP contribution in [0.5, 0.6) is 11.5 Å². The molecule has 2 aliphatic heterocycles. The number of carbonyl (C=O) groups excluding carboxylic acids is 4. The fraction of sp³-hybridized carbons (Fsp3) is 0. The second-order valence-electron chi connectivity index (χ2n) is 12.1. The third-order valence-corrected chi connectivity index (χ3v) is 10.7. The average molecular weight is 747 g/mol. The van der Waals surface area contributed by atoms with Gasteiger partial charge in [0.15, 0.2) is 0 Å². The van der Waals surface area contributed by atoms with Crippen LogP contribution in [0.25, 0.3) is 33.0 Å². The minimum Gasteiger partial charge on any atom is -0.456 e.